The summed E-state index contributed by atoms with van der Waals surface area (Å²) < 4.78 is 16.6. The first kappa shape index (κ1) is 22.4. The van der Waals surface area contributed by atoms with Crippen LogP contribution in [0.25, 0.3) is 11.5 Å². The van der Waals surface area contributed by atoms with E-state index >= 15 is 0 Å². The van der Waals surface area contributed by atoms with E-state index in [4.69, 9.17) is 18.9 Å². The standard InChI is InChI=1S/C24H30N4O3/c1-4-25-24(26-15-20-11-10-18(2)14-22(20)30-13-12-29-3)27-16-21-17-31-23(28-21)19-8-6-5-7-9-19/h5-11,14,17H,4,12-13,15-16H2,1-3H3,(H2,25,26,27). The zero-order valence-electron chi connectivity index (χ0n) is 18.4. The SMILES string of the molecule is CCNC(=NCc1ccc(C)cc1OCCOC)NCc1coc(-c2ccccc2)n1. The van der Waals surface area contributed by atoms with E-state index in [1.54, 1.807) is 13.4 Å². The molecule has 3 aromatic rings. The van der Waals surface area contributed by atoms with Crippen molar-refractivity contribution in [1.82, 2.24) is 15.6 Å². The summed E-state index contributed by atoms with van der Waals surface area (Å²) in [5.41, 5.74) is 3.93. The lowest BCUT2D eigenvalue weighted by Gasteiger charge is -2.13. The van der Waals surface area contributed by atoms with Gasteiger partial charge in [0, 0.05) is 24.8 Å². The summed E-state index contributed by atoms with van der Waals surface area (Å²) in [6.45, 7) is 6.88. The van der Waals surface area contributed by atoms with Gasteiger partial charge in [-0.2, -0.15) is 0 Å². The molecule has 3 rings (SSSR count). The van der Waals surface area contributed by atoms with Crippen molar-refractivity contribution in [3.63, 3.8) is 0 Å². The van der Waals surface area contributed by atoms with Gasteiger partial charge in [-0.3, -0.25) is 0 Å². The Labute approximate surface area is 183 Å². The minimum absolute atomic E-state index is 0.492. The molecule has 164 valence electrons. The second kappa shape index (κ2) is 11.8. The van der Waals surface area contributed by atoms with Crippen molar-refractivity contribution in [2.24, 2.45) is 4.99 Å². The van der Waals surface area contributed by atoms with Crippen LogP contribution in [0.5, 0.6) is 5.75 Å². The normalized spacial score (nSPS) is 11.4. The molecule has 0 aliphatic carbocycles. The molecule has 0 unspecified atom stereocenters. The molecule has 0 spiro atoms. The number of rotatable bonds is 10. The van der Waals surface area contributed by atoms with Crippen molar-refractivity contribution < 1.29 is 13.9 Å². The van der Waals surface area contributed by atoms with Crippen molar-refractivity contribution in [3.05, 3.63) is 71.6 Å². The van der Waals surface area contributed by atoms with E-state index in [2.05, 4.69) is 21.7 Å². The van der Waals surface area contributed by atoms with Crippen LogP contribution in [-0.4, -0.2) is 37.8 Å². The highest BCUT2D eigenvalue weighted by Gasteiger charge is 2.08. The van der Waals surface area contributed by atoms with Crippen LogP contribution in [0, 0.1) is 6.92 Å². The van der Waals surface area contributed by atoms with Crippen LogP contribution < -0.4 is 15.4 Å². The maximum absolute atomic E-state index is 5.87. The Morgan fingerprint density at radius 2 is 1.94 bits per heavy atom. The summed E-state index contributed by atoms with van der Waals surface area (Å²) in [5, 5.41) is 6.58. The van der Waals surface area contributed by atoms with E-state index in [1.165, 1.54) is 0 Å². The summed E-state index contributed by atoms with van der Waals surface area (Å²) in [7, 11) is 1.66. The Morgan fingerprint density at radius 3 is 2.71 bits per heavy atom. The van der Waals surface area contributed by atoms with Gasteiger partial charge in [-0.15, -0.1) is 0 Å². The summed E-state index contributed by atoms with van der Waals surface area (Å²) in [4.78, 5) is 9.26. The molecule has 0 atom stereocenters. The predicted molar refractivity (Wildman–Crippen MR) is 122 cm³/mol. The van der Waals surface area contributed by atoms with E-state index in [9.17, 15) is 0 Å². The molecule has 0 saturated heterocycles. The number of ether oxygens (including phenoxy) is 2. The number of aryl methyl sites for hydroxylation is 1. The fourth-order valence-corrected chi connectivity index (χ4v) is 2.94. The molecule has 0 saturated carbocycles. The minimum Gasteiger partial charge on any atom is -0.491 e. The molecule has 0 amide bonds. The maximum atomic E-state index is 5.87. The number of guanidine groups is 1. The van der Waals surface area contributed by atoms with Crippen LogP contribution in [0.2, 0.25) is 0 Å². The Kier molecular flexibility index (Phi) is 8.48. The topological polar surface area (TPSA) is 80.9 Å². The Bertz CT molecular complexity index is 970. The number of nitrogens with one attached hydrogen (secondary N) is 2. The fourth-order valence-electron chi connectivity index (χ4n) is 2.94. The zero-order chi connectivity index (χ0) is 21.9. The quantitative estimate of drug-likeness (QED) is 0.293. The van der Waals surface area contributed by atoms with E-state index in [0.717, 1.165) is 34.7 Å². The lowest BCUT2D eigenvalue weighted by molar-refractivity contribution is 0.145. The fraction of sp³-hybridized carbons (Fsp3) is 0.333. The number of hydrogen-bond acceptors (Lipinski definition) is 5. The van der Waals surface area contributed by atoms with Crippen molar-refractivity contribution in [3.8, 4) is 17.2 Å². The summed E-state index contributed by atoms with van der Waals surface area (Å²) in [5.74, 6) is 2.15. The molecule has 1 aromatic heterocycles. The number of aromatic nitrogens is 1. The molecule has 0 radical (unpaired) electrons. The molecule has 2 N–H and O–H groups in total. The second-order valence-corrected chi connectivity index (χ2v) is 7.01. The first-order valence-electron chi connectivity index (χ1n) is 10.4. The number of nitrogens with zero attached hydrogens (tertiary/aromatic N) is 2. The third-order valence-corrected chi connectivity index (χ3v) is 4.53. The lowest BCUT2D eigenvalue weighted by Crippen LogP contribution is -2.36. The molecular weight excluding hydrogens is 392 g/mol. The monoisotopic (exact) mass is 422 g/mol. The van der Waals surface area contributed by atoms with E-state index < -0.39 is 0 Å². The summed E-state index contributed by atoms with van der Waals surface area (Å²) in [6.07, 6.45) is 1.67. The van der Waals surface area contributed by atoms with E-state index in [-0.39, 0.29) is 0 Å². The predicted octanol–water partition coefficient (Wildman–Crippen LogP) is 3.93. The van der Waals surface area contributed by atoms with Crippen LogP contribution in [0.1, 0.15) is 23.7 Å². The van der Waals surface area contributed by atoms with Crippen molar-refractivity contribution in [1.29, 1.82) is 0 Å². The molecule has 0 aliphatic heterocycles. The molecule has 7 nitrogen and oxygen atoms in total. The van der Waals surface area contributed by atoms with Crippen molar-refractivity contribution in [2.45, 2.75) is 26.9 Å². The highest BCUT2D eigenvalue weighted by molar-refractivity contribution is 5.79. The molecule has 0 fully saturated rings. The van der Waals surface area contributed by atoms with Crippen LogP contribution in [0.15, 0.2) is 64.2 Å². The van der Waals surface area contributed by atoms with Gasteiger partial charge in [-0.25, -0.2) is 9.98 Å². The molecule has 1 heterocycles. The second-order valence-electron chi connectivity index (χ2n) is 7.01. The van der Waals surface area contributed by atoms with Gasteiger partial charge in [0.25, 0.3) is 0 Å². The third-order valence-electron chi connectivity index (χ3n) is 4.53. The number of aliphatic imine (C=N–C) groups is 1. The summed E-state index contributed by atoms with van der Waals surface area (Å²) >= 11 is 0. The number of methoxy groups -OCH3 is 1. The minimum atomic E-state index is 0.492. The number of oxazole rings is 1. The van der Waals surface area contributed by atoms with Gasteiger partial charge in [0.15, 0.2) is 5.96 Å². The van der Waals surface area contributed by atoms with Gasteiger partial charge in [-0.1, -0.05) is 30.3 Å². The molecule has 31 heavy (non-hydrogen) atoms. The first-order valence-corrected chi connectivity index (χ1v) is 10.4. The number of hydrogen-bond donors (Lipinski definition) is 2. The smallest absolute Gasteiger partial charge is 0.226 e. The van der Waals surface area contributed by atoms with Gasteiger partial charge in [-0.05, 0) is 37.6 Å². The van der Waals surface area contributed by atoms with Gasteiger partial charge < -0.3 is 24.5 Å². The van der Waals surface area contributed by atoms with Crippen LogP contribution >= 0.6 is 0 Å². The number of benzene rings is 2. The van der Waals surface area contributed by atoms with Crippen LogP contribution in [0.3, 0.4) is 0 Å². The van der Waals surface area contributed by atoms with Crippen molar-refractivity contribution >= 4 is 5.96 Å². The Hall–Kier alpha value is -3.32. The molecular formula is C24H30N4O3. The van der Waals surface area contributed by atoms with E-state index in [1.807, 2.05) is 56.3 Å². The van der Waals surface area contributed by atoms with Crippen LogP contribution in [-0.2, 0) is 17.8 Å². The van der Waals surface area contributed by atoms with Gasteiger partial charge in [0.1, 0.15) is 18.6 Å². The largest absolute Gasteiger partial charge is 0.491 e. The third kappa shape index (κ3) is 6.86. The molecule has 7 heteroatoms. The highest BCUT2D eigenvalue weighted by atomic mass is 16.5. The van der Waals surface area contributed by atoms with E-state index in [0.29, 0.717) is 38.2 Å². The van der Waals surface area contributed by atoms with Crippen molar-refractivity contribution in [2.75, 3.05) is 26.9 Å². The Balaban J connectivity index is 1.64. The first-order chi connectivity index (χ1) is 15.2. The summed E-state index contributed by atoms with van der Waals surface area (Å²) in [6, 6.07) is 16.0. The van der Waals surface area contributed by atoms with Gasteiger partial charge in [0.05, 0.1) is 25.4 Å². The Morgan fingerprint density at radius 1 is 1.10 bits per heavy atom. The van der Waals surface area contributed by atoms with Gasteiger partial charge in [0.2, 0.25) is 5.89 Å². The molecule has 0 bridgehead atoms. The highest BCUT2D eigenvalue weighted by Crippen LogP contribution is 2.21. The van der Waals surface area contributed by atoms with Crippen LogP contribution in [0.4, 0.5) is 0 Å². The maximum Gasteiger partial charge on any atom is 0.226 e. The molecule has 2 aromatic carbocycles. The molecule has 0 aliphatic rings. The van der Waals surface area contributed by atoms with Gasteiger partial charge >= 0.3 is 0 Å². The average molecular weight is 423 g/mol. The zero-order valence-corrected chi connectivity index (χ0v) is 18.4. The lowest BCUT2D eigenvalue weighted by atomic mass is 10.1. The average Bonchev–Trinajstić information content (AvgIpc) is 3.26.